The average Bonchev–Trinajstić information content (AvgIpc) is 2.00. The molecule has 1 atom stereocenters. The fourth-order valence-electron chi connectivity index (χ4n) is 0.770. The van der Waals surface area contributed by atoms with Crippen LogP contribution in [0.1, 0.15) is 20.8 Å². The SMILES string of the molecule is C=CCOCC(O)CNC(C)(C)C. The summed E-state index contributed by atoms with van der Waals surface area (Å²) in [5, 5.41) is 12.6. The maximum atomic E-state index is 9.42. The van der Waals surface area contributed by atoms with Gasteiger partial charge in [-0.2, -0.15) is 0 Å². The van der Waals surface area contributed by atoms with E-state index in [1.807, 2.05) is 0 Å². The fourth-order valence-corrected chi connectivity index (χ4v) is 0.770. The topological polar surface area (TPSA) is 41.5 Å². The van der Waals surface area contributed by atoms with Crippen molar-refractivity contribution in [3.8, 4) is 0 Å². The second kappa shape index (κ2) is 6.13. The third-order valence-electron chi connectivity index (χ3n) is 1.41. The summed E-state index contributed by atoms with van der Waals surface area (Å²) in [6, 6.07) is 0. The van der Waals surface area contributed by atoms with Crippen LogP contribution in [0.4, 0.5) is 0 Å². The summed E-state index contributed by atoms with van der Waals surface area (Å²) in [6.45, 7) is 11.1. The molecule has 0 aromatic rings. The van der Waals surface area contributed by atoms with E-state index in [0.717, 1.165) is 0 Å². The summed E-state index contributed by atoms with van der Waals surface area (Å²) in [5.74, 6) is 0. The second-order valence-electron chi connectivity index (χ2n) is 4.11. The van der Waals surface area contributed by atoms with E-state index in [0.29, 0.717) is 19.8 Å². The van der Waals surface area contributed by atoms with Crippen molar-refractivity contribution in [3.05, 3.63) is 12.7 Å². The van der Waals surface area contributed by atoms with Gasteiger partial charge < -0.3 is 15.2 Å². The van der Waals surface area contributed by atoms with Crippen molar-refractivity contribution in [2.45, 2.75) is 32.4 Å². The van der Waals surface area contributed by atoms with Gasteiger partial charge in [0, 0.05) is 12.1 Å². The first-order chi connectivity index (χ1) is 5.95. The molecule has 0 rings (SSSR count). The van der Waals surface area contributed by atoms with Gasteiger partial charge in [-0.3, -0.25) is 0 Å². The highest BCUT2D eigenvalue weighted by atomic mass is 16.5. The normalized spacial score (nSPS) is 14.2. The van der Waals surface area contributed by atoms with Gasteiger partial charge in [-0.25, -0.2) is 0 Å². The Bertz CT molecular complexity index is 140. The predicted molar refractivity (Wildman–Crippen MR) is 54.8 cm³/mol. The Morgan fingerprint density at radius 1 is 1.54 bits per heavy atom. The number of hydrogen-bond donors (Lipinski definition) is 2. The molecule has 0 aliphatic heterocycles. The molecule has 0 amide bonds. The van der Waals surface area contributed by atoms with Crippen LogP contribution in [0, 0.1) is 0 Å². The molecule has 2 N–H and O–H groups in total. The van der Waals surface area contributed by atoms with Gasteiger partial charge in [-0.1, -0.05) is 6.08 Å². The maximum Gasteiger partial charge on any atom is 0.0898 e. The molecule has 1 unspecified atom stereocenters. The molecule has 13 heavy (non-hydrogen) atoms. The van der Waals surface area contributed by atoms with Crippen LogP contribution in [0.5, 0.6) is 0 Å². The number of ether oxygens (including phenoxy) is 1. The van der Waals surface area contributed by atoms with E-state index in [1.165, 1.54) is 0 Å². The molecular weight excluding hydrogens is 166 g/mol. The van der Waals surface area contributed by atoms with E-state index in [1.54, 1.807) is 6.08 Å². The van der Waals surface area contributed by atoms with Gasteiger partial charge in [0.25, 0.3) is 0 Å². The first-order valence-corrected chi connectivity index (χ1v) is 4.57. The summed E-state index contributed by atoms with van der Waals surface area (Å²) < 4.78 is 5.10. The van der Waals surface area contributed by atoms with Gasteiger partial charge in [0.2, 0.25) is 0 Å². The zero-order valence-corrected chi connectivity index (χ0v) is 8.84. The largest absolute Gasteiger partial charge is 0.389 e. The Labute approximate surface area is 80.8 Å². The van der Waals surface area contributed by atoms with Crippen molar-refractivity contribution in [1.29, 1.82) is 0 Å². The van der Waals surface area contributed by atoms with Gasteiger partial charge in [-0.05, 0) is 20.8 Å². The number of rotatable bonds is 6. The zero-order chi connectivity index (χ0) is 10.3. The lowest BCUT2D eigenvalue weighted by Crippen LogP contribution is -2.42. The molecule has 0 radical (unpaired) electrons. The number of aliphatic hydroxyl groups is 1. The summed E-state index contributed by atoms with van der Waals surface area (Å²) in [5.41, 5.74) is 0.0411. The van der Waals surface area contributed by atoms with E-state index in [4.69, 9.17) is 4.74 Å². The molecule has 0 saturated heterocycles. The highest BCUT2D eigenvalue weighted by Gasteiger charge is 2.11. The minimum absolute atomic E-state index is 0.0411. The van der Waals surface area contributed by atoms with Crippen LogP contribution in [0.3, 0.4) is 0 Å². The highest BCUT2D eigenvalue weighted by molar-refractivity contribution is 4.73. The molecule has 0 aliphatic rings. The van der Waals surface area contributed by atoms with Crippen molar-refractivity contribution in [1.82, 2.24) is 5.32 Å². The van der Waals surface area contributed by atoms with Crippen molar-refractivity contribution in [3.63, 3.8) is 0 Å². The smallest absolute Gasteiger partial charge is 0.0898 e. The van der Waals surface area contributed by atoms with Crippen molar-refractivity contribution < 1.29 is 9.84 Å². The lowest BCUT2D eigenvalue weighted by molar-refractivity contribution is 0.0461. The fraction of sp³-hybridized carbons (Fsp3) is 0.800. The lowest BCUT2D eigenvalue weighted by atomic mass is 10.1. The molecule has 0 fully saturated rings. The summed E-state index contributed by atoms with van der Waals surface area (Å²) in [4.78, 5) is 0. The van der Waals surface area contributed by atoms with Crippen molar-refractivity contribution in [2.75, 3.05) is 19.8 Å². The molecule has 0 aliphatic carbocycles. The van der Waals surface area contributed by atoms with Crippen LogP contribution in [0.2, 0.25) is 0 Å². The third-order valence-corrected chi connectivity index (χ3v) is 1.41. The quantitative estimate of drug-likeness (QED) is 0.480. The average molecular weight is 187 g/mol. The van der Waals surface area contributed by atoms with Gasteiger partial charge in [0.05, 0.1) is 19.3 Å². The van der Waals surface area contributed by atoms with Gasteiger partial charge in [-0.15, -0.1) is 6.58 Å². The second-order valence-corrected chi connectivity index (χ2v) is 4.11. The Morgan fingerprint density at radius 3 is 2.62 bits per heavy atom. The summed E-state index contributed by atoms with van der Waals surface area (Å²) >= 11 is 0. The van der Waals surface area contributed by atoms with Crippen LogP contribution in [-0.4, -0.2) is 36.5 Å². The number of aliphatic hydroxyl groups excluding tert-OH is 1. The molecule has 0 aromatic heterocycles. The Kier molecular flexibility index (Phi) is 5.95. The van der Waals surface area contributed by atoms with Crippen LogP contribution in [0.15, 0.2) is 12.7 Å². The van der Waals surface area contributed by atoms with E-state index in [2.05, 4.69) is 32.7 Å². The van der Waals surface area contributed by atoms with E-state index in [-0.39, 0.29) is 5.54 Å². The lowest BCUT2D eigenvalue weighted by Gasteiger charge is -2.22. The Morgan fingerprint density at radius 2 is 2.15 bits per heavy atom. The predicted octanol–water partition coefficient (Wildman–Crippen LogP) is 0.938. The molecule has 0 aromatic carbocycles. The van der Waals surface area contributed by atoms with E-state index < -0.39 is 6.10 Å². The third kappa shape index (κ3) is 9.53. The van der Waals surface area contributed by atoms with Crippen LogP contribution >= 0.6 is 0 Å². The monoisotopic (exact) mass is 187 g/mol. The molecule has 0 saturated carbocycles. The first-order valence-electron chi connectivity index (χ1n) is 4.57. The number of β-amino-alcohol motifs (C(OH)–C–C–N with tert-alkyl or cyclic N) is 1. The zero-order valence-electron chi connectivity index (χ0n) is 8.84. The van der Waals surface area contributed by atoms with Crippen molar-refractivity contribution in [2.24, 2.45) is 0 Å². The molecule has 0 bridgehead atoms. The molecule has 78 valence electrons. The van der Waals surface area contributed by atoms with Gasteiger partial charge in [0.1, 0.15) is 0 Å². The van der Waals surface area contributed by atoms with Gasteiger partial charge >= 0.3 is 0 Å². The van der Waals surface area contributed by atoms with Gasteiger partial charge in [0.15, 0.2) is 0 Å². The number of nitrogens with one attached hydrogen (secondary N) is 1. The van der Waals surface area contributed by atoms with Crippen molar-refractivity contribution >= 4 is 0 Å². The van der Waals surface area contributed by atoms with Crippen LogP contribution in [-0.2, 0) is 4.74 Å². The summed E-state index contributed by atoms with van der Waals surface area (Å²) in [6.07, 6.45) is 1.23. The minimum Gasteiger partial charge on any atom is -0.389 e. The molecule has 3 nitrogen and oxygen atoms in total. The Balaban J connectivity index is 3.40. The van der Waals surface area contributed by atoms with E-state index >= 15 is 0 Å². The highest BCUT2D eigenvalue weighted by Crippen LogP contribution is 1.98. The minimum atomic E-state index is -0.445. The van der Waals surface area contributed by atoms with Crippen LogP contribution in [0.25, 0.3) is 0 Å². The van der Waals surface area contributed by atoms with Crippen LogP contribution < -0.4 is 5.32 Å². The first kappa shape index (κ1) is 12.6. The molecule has 0 spiro atoms. The molecule has 3 heteroatoms. The molecular formula is C10H21NO2. The number of hydrogen-bond acceptors (Lipinski definition) is 3. The summed E-state index contributed by atoms with van der Waals surface area (Å²) in [7, 11) is 0. The Hall–Kier alpha value is -0.380. The maximum absolute atomic E-state index is 9.42. The molecule has 0 heterocycles. The standard InChI is InChI=1S/C10H21NO2/c1-5-6-13-8-9(12)7-11-10(2,3)4/h5,9,11-12H,1,6-8H2,2-4H3. The van der Waals surface area contributed by atoms with E-state index in [9.17, 15) is 5.11 Å².